The van der Waals surface area contributed by atoms with Gasteiger partial charge in [-0.1, -0.05) is 18.2 Å². The molecule has 1 aromatic carbocycles. The van der Waals surface area contributed by atoms with Crippen molar-refractivity contribution < 1.29 is 19.1 Å². The number of piperidine rings is 1. The predicted molar refractivity (Wildman–Crippen MR) is 119 cm³/mol. The molecule has 2 aromatic rings. The van der Waals surface area contributed by atoms with Gasteiger partial charge in [0, 0.05) is 29.8 Å². The van der Waals surface area contributed by atoms with Gasteiger partial charge in [0.1, 0.15) is 11.5 Å². The van der Waals surface area contributed by atoms with Gasteiger partial charge < -0.3 is 5.11 Å². The Balaban J connectivity index is 0.00000272. The van der Waals surface area contributed by atoms with Crippen LogP contribution in [0.15, 0.2) is 36.0 Å². The number of carboxylic acids is 1. The molecule has 2 fully saturated rings. The fraction of sp³-hybridized carbons (Fsp3) is 0.429. The van der Waals surface area contributed by atoms with Crippen molar-refractivity contribution in [2.45, 2.75) is 37.1 Å². The highest BCUT2D eigenvalue weighted by atomic mass is 35.5. The van der Waals surface area contributed by atoms with Crippen LogP contribution in [0.1, 0.15) is 36.6 Å². The van der Waals surface area contributed by atoms with Gasteiger partial charge in [0.05, 0.1) is 12.2 Å². The van der Waals surface area contributed by atoms with Gasteiger partial charge in [0.15, 0.2) is 12.3 Å². The Morgan fingerprint density at radius 2 is 2.03 bits per heavy atom. The van der Waals surface area contributed by atoms with Crippen molar-refractivity contribution in [1.82, 2.24) is 19.9 Å². The highest BCUT2D eigenvalue weighted by Gasteiger charge is 2.40. The summed E-state index contributed by atoms with van der Waals surface area (Å²) in [6.07, 6.45) is 5.76. The third-order valence-corrected chi connectivity index (χ3v) is 6.07. The van der Waals surface area contributed by atoms with E-state index in [0.717, 1.165) is 23.2 Å². The van der Waals surface area contributed by atoms with Crippen molar-refractivity contribution in [2.75, 3.05) is 13.1 Å². The lowest BCUT2D eigenvalue weighted by molar-refractivity contribution is -0.138. The van der Waals surface area contributed by atoms with Gasteiger partial charge in [0.25, 0.3) is 0 Å². The van der Waals surface area contributed by atoms with Gasteiger partial charge in [-0.05, 0) is 37.0 Å². The molecule has 1 saturated carbocycles. The molecule has 2 atom stereocenters. The van der Waals surface area contributed by atoms with E-state index < -0.39 is 12.0 Å². The number of benzene rings is 1. The largest absolute Gasteiger partial charge is 0.480 e. The number of carbonyl (C=O) groups excluding carboxylic acids is 1. The van der Waals surface area contributed by atoms with Crippen LogP contribution in [0, 0.1) is 11.7 Å². The zero-order valence-electron chi connectivity index (χ0n) is 16.7. The van der Waals surface area contributed by atoms with E-state index in [-0.39, 0.29) is 41.7 Å². The second-order valence-electron chi connectivity index (χ2n) is 7.79. The molecule has 4 rings (SSSR count). The Labute approximate surface area is 191 Å². The molecular weight excluding hydrogens is 443 g/mol. The average Bonchev–Trinajstić information content (AvgIpc) is 3.47. The second kappa shape index (κ2) is 9.93. The fourth-order valence-electron chi connectivity index (χ4n) is 3.84. The summed E-state index contributed by atoms with van der Waals surface area (Å²) in [6, 6.07) is 5.85. The minimum atomic E-state index is -1.02. The third-order valence-electron chi connectivity index (χ3n) is 5.48. The number of Topliss-reactive ketones (excluding diaryl/α,β-unsaturated/α-hetero) is 1. The maximum absolute atomic E-state index is 14.6. The van der Waals surface area contributed by atoms with E-state index in [1.165, 1.54) is 12.3 Å². The van der Waals surface area contributed by atoms with Crippen molar-refractivity contribution >= 4 is 42.9 Å². The normalized spacial score (nSPS) is 21.5. The lowest BCUT2D eigenvalue weighted by Crippen LogP contribution is -2.42. The molecule has 1 saturated heterocycles. The molecule has 1 aliphatic carbocycles. The van der Waals surface area contributed by atoms with Gasteiger partial charge in [-0.3, -0.25) is 14.5 Å². The molecule has 1 aromatic heterocycles. The molecule has 0 amide bonds. The minimum Gasteiger partial charge on any atom is -0.480 e. The Morgan fingerprint density at radius 3 is 2.71 bits per heavy atom. The summed E-state index contributed by atoms with van der Waals surface area (Å²) in [5.74, 6) is -1.31. The minimum absolute atomic E-state index is 0. The lowest BCUT2D eigenvalue weighted by Gasteiger charge is -2.37. The SMILES string of the molecule is Cl.O=C(O)Cn1ncc(C=C2CN(C(C(=O)C3CC3)c3ccccc3F)CCC2S)n1. The summed E-state index contributed by atoms with van der Waals surface area (Å²) in [6.45, 7) is 0.775. The average molecular weight is 467 g/mol. The number of aliphatic carboxylic acids is 1. The molecule has 31 heavy (non-hydrogen) atoms. The molecule has 7 nitrogen and oxygen atoms in total. The smallest absolute Gasteiger partial charge is 0.327 e. The number of carbonyl (C=O) groups is 2. The van der Waals surface area contributed by atoms with E-state index in [1.54, 1.807) is 18.2 Å². The van der Waals surface area contributed by atoms with E-state index in [9.17, 15) is 14.0 Å². The first-order chi connectivity index (χ1) is 14.4. The number of carboxylic acid groups (broad SMARTS) is 1. The highest BCUT2D eigenvalue weighted by Crippen LogP contribution is 2.39. The molecule has 2 heterocycles. The maximum atomic E-state index is 14.6. The first-order valence-corrected chi connectivity index (χ1v) is 10.5. The fourth-order valence-corrected chi connectivity index (χ4v) is 4.11. The molecule has 0 spiro atoms. The molecule has 1 N–H and O–H groups in total. The number of hydrogen-bond acceptors (Lipinski definition) is 6. The van der Waals surface area contributed by atoms with Crippen molar-refractivity contribution in [3.05, 3.63) is 53.1 Å². The molecule has 166 valence electrons. The quantitative estimate of drug-likeness (QED) is 0.610. The van der Waals surface area contributed by atoms with Gasteiger partial charge in [-0.15, -0.1) is 12.4 Å². The van der Waals surface area contributed by atoms with Crippen LogP contribution in [0.3, 0.4) is 0 Å². The summed E-state index contributed by atoms with van der Waals surface area (Å²) < 4.78 is 14.6. The van der Waals surface area contributed by atoms with Crippen LogP contribution in [-0.2, 0) is 16.1 Å². The molecule has 2 aliphatic rings. The van der Waals surface area contributed by atoms with E-state index >= 15 is 0 Å². The first kappa shape index (κ1) is 23.4. The number of rotatable bonds is 7. The number of ketones is 1. The number of halogens is 2. The van der Waals surface area contributed by atoms with Crippen LogP contribution in [-0.4, -0.2) is 55.1 Å². The van der Waals surface area contributed by atoms with E-state index in [1.807, 2.05) is 11.0 Å². The van der Waals surface area contributed by atoms with Gasteiger partial charge in [-0.2, -0.15) is 27.6 Å². The van der Waals surface area contributed by atoms with Crippen LogP contribution >= 0.6 is 25.0 Å². The maximum Gasteiger partial charge on any atom is 0.327 e. The number of nitrogens with zero attached hydrogens (tertiary/aromatic N) is 4. The molecule has 2 unspecified atom stereocenters. The number of thiol groups is 1. The summed E-state index contributed by atoms with van der Waals surface area (Å²) in [4.78, 5) is 27.0. The Morgan fingerprint density at radius 1 is 1.29 bits per heavy atom. The van der Waals surface area contributed by atoms with Crippen LogP contribution in [0.4, 0.5) is 4.39 Å². The second-order valence-corrected chi connectivity index (χ2v) is 8.41. The summed E-state index contributed by atoms with van der Waals surface area (Å²) in [5.41, 5.74) is 1.89. The van der Waals surface area contributed by atoms with Gasteiger partial charge >= 0.3 is 5.97 Å². The topological polar surface area (TPSA) is 88.3 Å². The van der Waals surface area contributed by atoms with E-state index in [0.29, 0.717) is 30.8 Å². The third kappa shape index (κ3) is 5.53. The monoisotopic (exact) mass is 466 g/mol. The number of hydrogen-bond donors (Lipinski definition) is 2. The Kier molecular flexibility index (Phi) is 7.51. The van der Waals surface area contributed by atoms with Crippen LogP contribution in [0.2, 0.25) is 0 Å². The predicted octanol–water partition coefficient (Wildman–Crippen LogP) is 3.03. The first-order valence-electron chi connectivity index (χ1n) is 9.95. The molecule has 0 radical (unpaired) electrons. The Bertz CT molecular complexity index is 995. The lowest BCUT2D eigenvalue weighted by atomic mass is 9.93. The van der Waals surface area contributed by atoms with E-state index in [2.05, 4.69) is 22.8 Å². The molecular formula is C21H24ClFN4O3S. The van der Waals surface area contributed by atoms with Crippen LogP contribution in [0.25, 0.3) is 6.08 Å². The summed E-state index contributed by atoms with van der Waals surface area (Å²) in [5, 5.41) is 17.0. The van der Waals surface area contributed by atoms with Crippen LogP contribution < -0.4 is 0 Å². The zero-order chi connectivity index (χ0) is 21.3. The van der Waals surface area contributed by atoms with Gasteiger partial charge in [0.2, 0.25) is 0 Å². The molecule has 0 bridgehead atoms. The number of likely N-dealkylation sites (tertiary alicyclic amines) is 1. The van der Waals surface area contributed by atoms with Gasteiger partial charge in [-0.25, -0.2) is 4.39 Å². The zero-order valence-corrected chi connectivity index (χ0v) is 18.4. The van der Waals surface area contributed by atoms with Crippen molar-refractivity contribution in [3.63, 3.8) is 0 Å². The summed E-state index contributed by atoms with van der Waals surface area (Å²) in [7, 11) is 0. The molecule has 10 heteroatoms. The number of aromatic nitrogens is 3. The highest BCUT2D eigenvalue weighted by molar-refractivity contribution is 7.81. The van der Waals surface area contributed by atoms with Crippen molar-refractivity contribution in [3.8, 4) is 0 Å². The molecule has 1 aliphatic heterocycles. The standard InChI is InChI=1S/C21H23FN4O3S.ClH/c22-17-4-2-1-3-16(17)20(21(29)13-5-6-13)25-8-7-18(30)14(11-25)9-15-10-23-26(24-15)12-19(27)28;/h1-4,9-10,13,18,20,30H,5-8,11-12H2,(H,27,28);1H. The van der Waals surface area contributed by atoms with Crippen molar-refractivity contribution in [1.29, 1.82) is 0 Å². The summed E-state index contributed by atoms with van der Waals surface area (Å²) >= 11 is 4.67. The van der Waals surface area contributed by atoms with Crippen molar-refractivity contribution in [2.24, 2.45) is 5.92 Å². The van der Waals surface area contributed by atoms with E-state index in [4.69, 9.17) is 5.11 Å². The van der Waals surface area contributed by atoms with Crippen LogP contribution in [0.5, 0.6) is 0 Å². The Hall–Kier alpha value is -2.23.